The van der Waals surface area contributed by atoms with Gasteiger partial charge in [-0.1, -0.05) is 94.9 Å². The molecule has 2 rings (SSSR count). The maximum atomic E-state index is 9.03. The van der Waals surface area contributed by atoms with Crippen LogP contribution in [0, 0.1) is 5.92 Å². The number of ether oxygens (including phenoxy) is 1. The molecule has 0 amide bonds. The summed E-state index contributed by atoms with van der Waals surface area (Å²) >= 11 is 0. The van der Waals surface area contributed by atoms with Crippen LogP contribution in [-0.4, -0.2) is 30.0 Å². The van der Waals surface area contributed by atoms with E-state index in [1.54, 1.807) is 0 Å². The van der Waals surface area contributed by atoms with Crippen LogP contribution in [0.25, 0.3) is 0 Å². The maximum absolute atomic E-state index is 9.03. The molecule has 0 radical (unpaired) electrons. The smallest absolute Gasteiger partial charge is 0.110 e. The molecule has 3 unspecified atom stereocenters. The molecule has 3 atom stereocenters. The van der Waals surface area contributed by atoms with Crippen molar-refractivity contribution >= 4 is 0 Å². The van der Waals surface area contributed by atoms with Gasteiger partial charge >= 0.3 is 0 Å². The van der Waals surface area contributed by atoms with E-state index in [9.17, 15) is 0 Å². The average Bonchev–Trinajstić information content (AvgIpc) is 2.82. The Morgan fingerprint density at radius 1 is 0.867 bits per heavy atom. The van der Waals surface area contributed by atoms with Crippen LogP contribution in [0.1, 0.15) is 69.9 Å². The van der Waals surface area contributed by atoms with Gasteiger partial charge in [-0.25, -0.2) is 0 Å². The first-order valence-corrected chi connectivity index (χ1v) is 11.1. The Morgan fingerprint density at radius 3 is 1.77 bits per heavy atom. The lowest BCUT2D eigenvalue weighted by Crippen LogP contribution is -2.07. The highest BCUT2D eigenvalue weighted by atomic mass is 16.5. The molecule has 0 saturated carbocycles. The molecule has 3 heteroatoms. The van der Waals surface area contributed by atoms with Crippen molar-refractivity contribution in [2.75, 3.05) is 19.8 Å². The summed E-state index contributed by atoms with van der Waals surface area (Å²) in [6.45, 7) is 12.8. The van der Waals surface area contributed by atoms with Crippen molar-refractivity contribution in [3.63, 3.8) is 0 Å². The van der Waals surface area contributed by atoms with E-state index in [4.69, 9.17) is 10.2 Å². The highest BCUT2D eigenvalue weighted by Gasteiger charge is 2.12. The lowest BCUT2D eigenvalue weighted by Gasteiger charge is -2.18. The summed E-state index contributed by atoms with van der Waals surface area (Å²) in [6, 6.07) is 21.2. The van der Waals surface area contributed by atoms with E-state index in [0.717, 1.165) is 12.8 Å². The van der Waals surface area contributed by atoms with Gasteiger partial charge in [0.2, 0.25) is 0 Å². The number of hydrogen-bond donors (Lipinski definition) is 2. The van der Waals surface area contributed by atoms with Gasteiger partial charge < -0.3 is 14.9 Å². The Balaban J connectivity index is 0.000000459. The second kappa shape index (κ2) is 18.9. The number of aliphatic hydroxyl groups excluding tert-OH is 2. The fraction of sp³-hybridized carbons (Fsp3) is 0.481. The molecule has 0 bridgehead atoms. The predicted octanol–water partition coefficient (Wildman–Crippen LogP) is 6.54. The lowest BCUT2D eigenvalue weighted by atomic mass is 9.88. The molecule has 0 aliphatic carbocycles. The maximum Gasteiger partial charge on any atom is 0.110 e. The van der Waals surface area contributed by atoms with E-state index in [1.807, 2.05) is 6.07 Å². The molecule has 3 nitrogen and oxygen atoms in total. The molecule has 2 aromatic rings. The topological polar surface area (TPSA) is 49.7 Å². The molecular weight excluding hydrogens is 372 g/mol. The molecule has 30 heavy (non-hydrogen) atoms. The normalized spacial score (nSPS) is 12.9. The third-order valence-corrected chi connectivity index (χ3v) is 5.07. The largest absolute Gasteiger partial charge is 0.499 e. The van der Waals surface area contributed by atoms with Crippen molar-refractivity contribution in [3.8, 4) is 0 Å². The highest BCUT2D eigenvalue weighted by molar-refractivity contribution is 5.19. The van der Waals surface area contributed by atoms with Crippen molar-refractivity contribution in [3.05, 3.63) is 84.6 Å². The van der Waals surface area contributed by atoms with Crippen LogP contribution in [0.3, 0.4) is 0 Å². The minimum atomic E-state index is 0.0615. The van der Waals surface area contributed by atoms with E-state index in [0.29, 0.717) is 31.0 Å². The second-order valence-corrected chi connectivity index (χ2v) is 7.52. The molecule has 0 aliphatic rings. The highest BCUT2D eigenvalue weighted by Crippen LogP contribution is 2.26. The van der Waals surface area contributed by atoms with Crippen LogP contribution in [0.4, 0.5) is 0 Å². The van der Waals surface area contributed by atoms with E-state index in [-0.39, 0.29) is 6.61 Å². The van der Waals surface area contributed by atoms with E-state index in [1.165, 1.54) is 23.8 Å². The van der Waals surface area contributed by atoms with Crippen LogP contribution in [0.2, 0.25) is 0 Å². The van der Waals surface area contributed by atoms with Crippen molar-refractivity contribution in [2.24, 2.45) is 5.92 Å². The van der Waals surface area contributed by atoms with E-state index >= 15 is 0 Å². The Kier molecular flexibility index (Phi) is 17.6. The first-order valence-electron chi connectivity index (χ1n) is 11.1. The molecule has 0 aromatic heterocycles. The van der Waals surface area contributed by atoms with Crippen LogP contribution >= 0.6 is 0 Å². The Morgan fingerprint density at radius 2 is 1.40 bits per heavy atom. The first kappa shape index (κ1) is 27.9. The monoisotopic (exact) mass is 414 g/mol. The third kappa shape index (κ3) is 13.2. The summed E-state index contributed by atoms with van der Waals surface area (Å²) in [4.78, 5) is 0. The summed E-state index contributed by atoms with van der Waals surface area (Å²) in [6.07, 6.45) is 4.76. The fourth-order valence-corrected chi connectivity index (χ4v) is 2.98. The lowest BCUT2D eigenvalue weighted by molar-refractivity contribution is 0.166. The molecule has 0 aliphatic heterocycles. The molecule has 2 aromatic carbocycles. The van der Waals surface area contributed by atoms with Crippen molar-refractivity contribution < 1.29 is 14.9 Å². The van der Waals surface area contributed by atoms with Crippen molar-refractivity contribution in [1.29, 1.82) is 0 Å². The molecular formula is C27H42O3. The fourth-order valence-electron chi connectivity index (χ4n) is 2.98. The molecule has 2 N–H and O–H groups in total. The van der Waals surface area contributed by atoms with Gasteiger partial charge in [0.15, 0.2) is 0 Å². The zero-order chi connectivity index (χ0) is 22.6. The standard InChI is InChI=1S/C13H20O.C10H14.C4H8O2/c1-3-12(9-11(2)10-14)13-7-5-4-6-8-13;1-3-9(2)10-7-5-4-6-8-10;1-2-6-4-3-5/h4-8,11-12,14H,3,9-10H2,1-2H3;4-9H,3H2,1-2H3;2,5H,1,3-4H2. The third-order valence-electron chi connectivity index (χ3n) is 5.07. The second-order valence-electron chi connectivity index (χ2n) is 7.52. The zero-order valence-electron chi connectivity index (χ0n) is 19.3. The van der Waals surface area contributed by atoms with Gasteiger partial charge in [-0.2, -0.15) is 0 Å². The van der Waals surface area contributed by atoms with Gasteiger partial charge in [0.1, 0.15) is 6.61 Å². The van der Waals surface area contributed by atoms with Crippen LogP contribution < -0.4 is 0 Å². The molecule has 0 fully saturated rings. The van der Waals surface area contributed by atoms with E-state index in [2.05, 4.69) is 93.6 Å². The number of benzene rings is 2. The van der Waals surface area contributed by atoms with Gasteiger partial charge in [-0.15, -0.1) is 0 Å². The van der Waals surface area contributed by atoms with Gasteiger partial charge in [0.25, 0.3) is 0 Å². The number of hydrogen-bond acceptors (Lipinski definition) is 3. The Hall–Kier alpha value is -2.10. The summed E-state index contributed by atoms with van der Waals surface area (Å²) in [5, 5.41) is 17.1. The van der Waals surface area contributed by atoms with E-state index < -0.39 is 0 Å². The van der Waals surface area contributed by atoms with Crippen molar-refractivity contribution in [1.82, 2.24) is 0 Å². The van der Waals surface area contributed by atoms with Crippen LogP contribution in [0.5, 0.6) is 0 Å². The van der Waals surface area contributed by atoms with Crippen molar-refractivity contribution in [2.45, 2.75) is 58.8 Å². The molecule has 0 spiro atoms. The summed E-state index contributed by atoms with van der Waals surface area (Å²) in [7, 11) is 0. The Labute approximate surface area is 184 Å². The van der Waals surface area contributed by atoms with Crippen LogP contribution in [0.15, 0.2) is 73.5 Å². The SMILES string of the molecule is C=COCCO.CCC(C)c1ccccc1.CCC(CC(C)CO)c1ccccc1. The van der Waals surface area contributed by atoms with Gasteiger partial charge in [0, 0.05) is 6.61 Å². The minimum Gasteiger partial charge on any atom is -0.499 e. The summed E-state index contributed by atoms with van der Waals surface area (Å²) in [5.74, 6) is 1.71. The summed E-state index contributed by atoms with van der Waals surface area (Å²) in [5.41, 5.74) is 2.85. The van der Waals surface area contributed by atoms with Gasteiger partial charge in [-0.05, 0) is 48.1 Å². The van der Waals surface area contributed by atoms with Crippen LogP contribution in [-0.2, 0) is 4.74 Å². The van der Waals surface area contributed by atoms with Gasteiger partial charge in [-0.3, -0.25) is 0 Å². The average molecular weight is 415 g/mol. The quantitative estimate of drug-likeness (QED) is 0.343. The molecule has 0 heterocycles. The molecule has 168 valence electrons. The Bertz CT molecular complexity index is 613. The minimum absolute atomic E-state index is 0.0615. The first-order chi connectivity index (χ1) is 14.5. The number of rotatable bonds is 10. The summed E-state index contributed by atoms with van der Waals surface area (Å²) < 4.78 is 4.50. The zero-order valence-corrected chi connectivity index (χ0v) is 19.3. The van der Waals surface area contributed by atoms with Gasteiger partial charge in [0.05, 0.1) is 12.9 Å². The molecule has 0 saturated heterocycles. The number of aliphatic hydroxyl groups is 2. The predicted molar refractivity (Wildman–Crippen MR) is 129 cm³/mol.